The van der Waals surface area contributed by atoms with E-state index in [1.807, 2.05) is 38.1 Å². The predicted molar refractivity (Wildman–Crippen MR) is 196 cm³/mol. The molecular weight excluding hydrogens is 743 g/mol. The van der Waals surface area contributed by atoms with Crippen molar-refractivity contribution in [2.75, 3.05) is 0 Å². The number of hydrogen-bond acceptors (Lipinski definition) is 1. The second kappa shape index (κ2) is 12.4. The molecule has 2 heterocycles. The Hall–Kier alpha value is -6.73. The first-order chi connectivity index (χ1) is 26.4. The van der Waals surface area contributed by atoms with Gasteiger partial charge < -0.3 is 9.13 Å². The van der Waals surface area contributed by atoms with Gasteiger partial charge in [-0.1, -0.05) is 41.5 Å². The highest BCUT2D eigenvalue weighted by Gasteiger charge is 2.37. The third-order valence-electron chi connectivity index (χ3n) is 9.95. The number of fused-ring (bicyclic) bond motifs is 6. The van der Waals surface area contributed by atoms with E-state index in [2.05, 4.69) is 10.9 Å². The van der Waals surface area contributed by atoms with Crippen LogP contribution in [0.3, 0.4) is 0 Å². The first kappa shape index (κ1) is 36.3. The molecule has 0 radical (unpaired) electrons. The number of halogens is 9. The molecule has 8 rings (SSSR count). The molecule has 0 spiro atoms. The molecule has 13 heteroatoms. The van der Waals surface area contributed by atoms with Crippen molar-refractivity contribution < 1.29 is 39.5 Å². The molecule has 0 bridgehead atoms. The third kappa shape index (κ3) is 5.70. The number of aryl methyl sites for hydroxylation is 2. The number of alkyl halides is 9. The zero-order valence-corrected chi connectivity index (χ0v) is 29.0. The lowest BCUT2D eigenvalue weighted by molar-refractivity contribution is -0.138. The van der Waals surface area contributed by atoms with Gasteiger partial charge in [0.15, 0.2) is 5.69 Å². The lowest BCUT2D eigenvalue weighted by atomic mass is 9.93. The fourth-order valence-electron chi connectivity index (χ4n) is 7.54. The molecule has 6 aromatic carbocycles. The van der Waals surface area contributed by atoms with Gasteiger partial charge in [-0.15, -0.1) is 0 Å². The molecule has 278 valence electrons. The topological polar surface area (TPSA) is 38.0 Å². The van der Waals surface area contributed by atoms with E-state index in [0.29, 0.717) is 23.2 Å². The van der Waals surface area contributed by atoms with Crippen molar-refractivity contribution in [1.82, 2.24) is 9.13 Å². The highest BCUT2D eigenvalue weighted by Crippen LogP contribution is 2.48. The number of nitriles is 1. The molecule has 0 unspecified atom stereocenters. The van der Waals surface area contributed by atoms with E-state index >= 15 is 0 Å². The Balaban J connectivity index is 1.58. The van der Waals surface area contributed by atoms with E-state index in [4.69, 9.17) is 6.57 Å². The summed E-state index contributed by atoms with van der Waals surface area (Å²) in [5.74, 6) is 0. The zero-order chi connectivity index (χ0) is 40.1. The predicted octanol–water partition coefficient (Wildman–Crippen LogP) is 13.6. The molecule has 0 N–H and O–H groups in total. The average molecular weight is 767 g/mol. The summed E-state index contributed by atoms with van der Waals surface area (Å²) in [5.41, 5.74) is -1.87. The van der Waals surface area contributed by atoms with Crippen LogP contribution in [0.5, 0.6) is 0 Å². The molecule has 0 saturated heterocycles. The van der Waals surface area contributed by atoms with Gasteiger partial charge in [0.25, 0.3) is 0 Å². The van der Waals surface area contributed by atoms with Crippen LogP contribution in [0.4, 0.5) is 45.2 Å². The van der Waals surface area contributed by atoms with Crippen molar-refractivity contribution in [3.63, 3.8) is 0 Å². The van der Waals surface area contributed by atoms with Gasteiger partial charge in [0.1, 0.15) is 6.07 Å². The van der Waals surface area contributed by atoms with Crippen LogP contribution in [0.2, 0.25) is 0 Å². The summed E-state index contributed by atoms with van der Waals surface area (Å²) >= 11 is 0. The average Bonchev–Trinajstić information content (AvgIpc) is 3.63. The van der Waals surface area contributed by atoms with E-state index in [9.17, 15) is 44.8 Å². The summed E-state index contributed by atoms with van der Waals surface area (Å²) in [6, 6.07) is 23.8. The summed E-state index contributed by atoms with van der Waals surface area (Å²) in [5, 5.41) is 11.8. The SMILES string of the molecule is [C-]#[N+]c1cccc(C(F)(F)F)c1-c1cc(-n2c3ccc(C(F)(F)F)cc3c3cc(C(F)(F)F)ccc32)c(C#N)cc1-n1c2ccc(C)cc2c2cc(C)ccc21. The van der Waals surface area contributed by atoms with Crippen LogP contribution in [-0.4, -0.2) is 9.13 Å². The Morgan fingerprint density at radius 3 is 1.46 bits per heavy atom. The van der Waals surface area contributed by atoms with E-state index in [0.717, 1.165) is 58.3 Å². The van der Waals surface area contributed by atoms with Crippen LogP contribution in [0, 0.1) is 31.8 Å². The number of hydrogen-bond donors (Lipinski definition) is 0. The van der Waals surface area contributed by atoms with Gasteiger partial charge >= 0.3 is 18.5 Å². The first-order valence-corrected chi connectivity index (χ1v) is 16.8. The number of benzene rings is 6. The molecular formula is C43H23F9N4. The largest absolute Gasteiger partial charge is 0.416 e. The van der Waals surface area contributed by atoms with Crippen LogP contribution in [0.15, 0.2) is 103 Å². The second-order valence-electron chi connectivity index (χ2n) is 13.5. The number of nitrogens with zero attached hydrogens (tertiary/aromatic N) is 4. The number of rotatable bonds is 3. The number of aromatic nitrogens is 2. The summed E-state index contributed by atoms with van der Waals surface area (Å²) in [4.78, 5) is 3.45. The minimum Gasteiger partial charge on any atom is -0.309 e. The summed E-state index contributed by atoms with van der Waals surface area (Å²) in [6.07, 6.45) is -14.7. The maximum atomic E-state index is 15.0. The molecule has 0 amide bonds. The molecule has 0 saturated carbocycles. The minimum absolute atomic E-state index is 0.0418. The second-order valence-corrected chi connectivity index (χ2v) is 13.5. The lowest BCUT2D eigenvalue weighted by Crippen LogP contribution is -2.10. The maximum Gasteiger partial charge on any atom is 0.416 e. The van der Waals surface area contributed by atoms with Gasteiger partial charge in [-0.3, -0.25) is 0 Å². The summed E-state index contributed by atoms with van der Waals surface area (Å²) in [6.45, 7) is 11.7. The Morgan fingerprint density at radius 1 is 0.554 bits per heavy atom. The van der Waals surface area contributed by atoms with Crippen molar-refractivity contribution >= 4 is 49.3 Å². The maximum absolute atomic E-state index is 15.0. The van der Waals surface area contributed by atoms with Crippen LogP contribution in [0.25, 0.3) is 71.0 Å². The van der Waals surface area contributed by atoms with Crippen LogP contribution in [-0.2, 0) is 18.5 Å². The molecule has 56 heavy (non-hydrogen) atoms. The Labute approximate surface area is 311 Å². The van der Waals surface area contributed by atoms with E-state index < -0.39 is 40.8 Å². The Bertz CT molecular complexity index is 2910. The fraction of sp³-hybridized carbons (Fsp3) is 0.116. The van der Waals surface area contributed by atoms with Gasteiger partial charge in [0.05, 0.1) is 62.3 Å². The van der Waals surface area contributed by atoms with Gasteiger partial charge in [-0.05, 0) is 92.2 Å². The van der Waals surface area contributed by atoms with Gasteiger partial charge in [0.2, 0.25) is 0 Å². The molecule has 0 atom stereocenters. The monoisotopic (exact) mass is 766 g/mol. The molecule has 2 aromatic heterocycles. The highest BCUT2D eigenvalue weighted by molar-refractivity contribution is 6.12. The molecule has 4 nitrogen and oxygen atoms in total. The van der Waals surface area contributed by atoms with Crippen molar-refractivity contribution in [1.29, 1.82) is 5.26 Å². The Kier molecular flexibility index (Phi) is 8.03. The third-order valence-corrected chi connectivity index (χ3v) is 9.95. The quantitative estimate of drug-likeness (QED) is 0.130. The van der Waals surface area contributed by atoms with Gasteiger partial charge in [0, 0.05) is 27.1 Å². The summed E-state index contributed by atoms with van der Waals surface area (Å²) in [7, 11) is 0. The molecule has 0 aliphatic carbocycles. The standard InChI is InChI=1S/C43H23F9N4/c1-22-7-11-34-27(15-22)28-16-23(2)8-12-35(28)56(34)39-17-24(21-53)38(20-31(39)40-32(43(50,51)52)5-4-6-33(40)54-3)55-36-13-9-25(41(44,45)46)18-29(36)30-19-26(42(47,48)49)10-14-37(30)55/h4-20H,1-2H3. The zero-order valence-electron chi connectivity index (χ0n) is 29.0. The van der Waals surface area contributed by atoms with Crippen molar-refractivity contribution in [2.24, 2.45) is 0 Å². The normalized spacial score (nSPS) is 12.5. The van der Waals surface area contributed by atoms with Crippen LogP contribution in [0.1, 0.15) is 33.4 Å². The van der Waals surface area contributed by atoms with Crippen molar-refractivity contribution in [3.05, 3.63) is 148 Å². The fourth-order valence-corrected chi connectivity index (χ4v) is 7.54. The highest BCUT2D eigenvalue weighted by atomic mass is 19.4. The van der Waals surface area contributed by atoms with E-state index in [1.165, 1.54) is 22.8 Å². The minimum atomic E-state index is -4.98. The molecule has 0 fully saturated rings. The van der Waals surface area contributed by atoms with Crippen molar-refractivity contribution in [3.8, 4) is 28.6 Å². The van der Waals surface area contributed by atoms with Gasteiger partial charge in [-0.2, -0.15) is 44.8 Å². The lowest BCUT2D eigenvalue weighted by Gasteiger charge is -2.22. The first-order valence-electron chi connectivity index (χ1n) is 16.8. The van der Waals surface area contributed by atoms with E-state index in [-0.39, 0.29) is 50.0 Å². The van der Waals surface area contributed by atoms with E-state index in [1.54, 1.807) is 16.7 Å². The molecule has 0 aliphatic heterocycles. The Morgan fingerprint density at radius 2 is 1.02 bits per heavy atom. The van der Waals surface area contributed by atoms with Crippen molar-refractivity contribution in [2.45, 2.75) is 32.4 Å². The summed E-state index contributed by atoms with van der Waals surface area (Å²) < 4.78 is 132. The van der Waals surface area contributed by atoms with Gasteiger partial charge in [-0.25, -0.2) is 4.85 Å². The van der Waals surface area contributed by atoms with Crippen LogP contribution >= 0.6 is 0 Å². The molecule has 0 aliphatic rings. The molecule has 8 aromatic rings. The smallest absolute Gasteiger partial charge is 0.309 e. The van der Waals surface area contributed by atoms with Crippen LogP contribution < -0.4 is 0 Å².